The van der Waals surface area contributed by atoms with E-state index >= 15 is 0 Å². The Labute approximate surface area is 123 Å². The van der Waals surface area contributed by atoms with Crippen LogP contribution in [0.5, 0.6) is 0 Å². The van der Waals surface area contributed by atoms with Gasteiger partial charge in [-0.1, -0.05) is 18.6 Å². The Hall–Kier alpha value is -1.95. The summed E-state index contributed by atoms with van der Waals surface area (Å²) in [6.45, 7) is 1.81. The maximum Gasteiger partial charge on any atom is 0.269 e. The van der Waals surface area contributed by atoms with Crippen LogP contribution in [-0.4, -0.2) is 28.6 Å². The topological polar surface area (TPSA) is 92.5 Å². The van der Waals surface area contributed by atoms with Gasteiger partial charge in [0.2, 0.25) is 5.91 Å². The van der Waals surface area contributed by atoms with Crippen LogP contribution in [0, 0.1) is 16.0 Å². The Morgan fingerprint density at radius 3 is 2.95 bits per heavy atom. The number of nitro benzene ring substituents is 1. The molecule has 1 aliphatic carbocycles. The molecule has 2 rings (SSSR count). The Morgan fingerprint density at radius 1 is 1.52 bits per heavy atom. The van der Waals surface area contributed by atoms with E-state index in [1.807, 2.05) is 0 Å². The molecule has 0 aliphatic heterocycles. The molecule has 0 aromatic heterocycles. The fourth-order valence-corrected chi connectivity index (χ4v) is 2.81. The summed E-state index contributed by atoms with van der Waals surface area (Å²) in [7, 11) is 0. The highest BCUT2D eigenvalue weighted by molar-refractivity contribution is 5.83. The van der Waals surface area contributed by atoms with Crippen LogP contribution in [0.1, 0.15) is 37.7 Å². The van der Waals surface area contributed by atoms with Crippen molar-refractivity contribution in [2.45, 2.75) is 38.1 Å². The molecule has 3 unspecified atom stereocenters. The van der Waals surface area contributed by atoms with Gasteiger partial charge < -0.3 is 10.4 Å². The van der Waals surface area contributed by atoms with Crippen LogP contribution >= 0.6 is 0 Å². The van der Waals surface area contributed by atoms with E-state index in [1.54, 1.807) is 19.1 Å². The average Bonchev–Trinajstić information content (AvgIpc) is 2.93. The third-order valence-electron chi connectivity index (χ3n) is 4.20. The van der Waals surface area contributed by atoms with Crippen LogP contribution in [0.15, 0.2) is 24.3 Å². The number of non-ortho nitro benzene ring substituents is 1. The molecule has 1 fully saturated rings. The van der Waals surface area contributed by atoms with Gasteiger partial charge in [-0.2, -0.15) is 0 Å². The van der Waals surface area contributed by atoms with E-state index in [4.69, 9.17) is 0 Å². The third kappa shape index (κ3) is 3.58. The molecule has 0 heterocycles. The van der Waals surface area contributed by atoms with Gasteiger partial charge in [-0.3, -0.25) is 14.9 Å². The van der Waals surface area contributed by atoms with Gasteiger partial charge in [-0.25, -0.2) is 0 Å². The van der Waals surface area contributed by atoms with Gasteiger partial charge in [-0.15, -0.1) is 0 Å². The fourth-order valence-electron chi connectivity index (χ4n) is 2.81. The lowest BCUT2D eigenvalue weighted by Gasteiger charge is -2.21. The number of nitro groups is 1. The lowest BCUT2D eigenvalue weighted by Crippen LogP contribution is -2.40. The number of hydrogen-bond acceptors (Lipinski definition) is 4. The first-order chi connectivity index (χ1) is 10.0. The summed E-state index contributed by atoms with van der Waals surface area (Å²) in [5.41, 5.74) is 0.612. The Bertz CT molecular complexity index is 532. The van der Waals surface area contributed by atoms with E-state index in [0.29, 0.717) is 5.56 Å². The van der Waals surface area contributed by atoms with Crippen LogP contribution in [0.3, 0.4) is 0 Å². The number of rotatable bonds is 5. The molecule has 0 radical (unpaired) electrons. The molecule has 1 aliphatic rings. The van der Waals surface area contributed by atoms with E-state index in [1.165, 1.54) is 12.1 Å². The predicted molar refractivity (Wildman–Crippen MR) is 77.9 cm³/mol. The standard InChI is InChI=1S/C15H20N2O4/c1-10(11-4-2-6-13(8-11)17(20)21)15(19)16-14-7-3-5-12(14)9-18/h2,4,6,8,10,12,14,18H,3,5,7,9H2,1H3,(H,16,19). The fraction of sp³-hybridized carbons (Fsp3) is 0.533. The molecule has 1 amide bonds. The Morgan fingerprint density at radius 2 is 2.29 bits per heavy atom. The quantitative estimate of drug-likeness (QED) is 0.641. The van der Waals surface area contributed by atoms with Crippen molar-refractivity contribution in [3.8, 4) is 0 Å². The number of nitrogens with zero attached hydrogens (tertiary/aromatic N) is 1. The normalized spacial score (nSPS) is 22.8. The van der Waals surface area contributed by atoms with Crippen molar-refractivity contribution in [2.75, 3.05) is 6.61 Å². The maximum atomic E-state index is 12.3. The molecule has 0 spiro atoms. The van der Waals surface area contributed by atoms with E-state index < -0.39 is 10.8 Å². The summed E-state index contributed by atoms with van der Waals surface area (Å²) in [5.74, 6) is -0.489. The number of carbonyl (C=O) groups excluding carboxylic acids is 1. The van der Waals surface area contributed by atoms with Crippen LogP contribution in [0.2, 0.25) is 0 Å². The number of hydrogen-bond donors (Lipinski definition) is 2. The largest absolute Gasteiger partial charge is 0.396 e. The van der Waals surface area contributed by atoms with Crippen molar-refractivity contribution in [1.29, 1.82) is 0 Å². The molecule has 2 N–H and O–H groups in total. The van der Waals surface area contributed by atoms with E-state index in [9.17, 15) is 20.0 Å². The number of benzene rings is 1. The van der Waals surface area contributed by atoms with Gasteiger partial charge in [0, 0.05) is 30.7 Å². The summed E-state index contributed by atoms with van der Waals surface area (Å²) in [5, 5.41) is 23.0. The summed E-state index contributed by atoms with van der Waals surface area (Å²) >= 11 is 0. The average molecular weight is 292 g/mol. The number of nitrogens with one attached hydrogen (secondary N) is 1. The van der Waals surface area contributed by atoms with E-state index in [2.05, 4.69) is 5.32 Å². The number of carbonyl (C=O) groups is 1. The molecule has 21 heavy (non-hydrogen) atoms. The minimum absolute atomic E-state index is 0.00338. The monoisotopic (exact) mass is 292 g/mol. The zero-order valence-electron chi connectivity index (χ0n) is 12.0. The van der Waals surface area contributed by atoms with Crippen molar-refractivity contribution in [1.82, 2.24) is 5.32 Å². The molecule has 1 saturated carbocycles. The smallest absolute Gasteiger partial charge is 0.269 e. The molecule has 1 aromatic carbocycles. The lowest BCUT2D eigenvalue weighted by molar-refractivity contribution is -0.384. The van der Waals surface area contributed by atoms with E-state index in [0.717, 1.165) is 19.3 Å². The van der Waals surface area contributed by atoms with Crippen LogP contribution in [-0.2, 0) is 4.79 Å². The van der Waals surface area contributed by atoms with Gasteiger partial charge in [0.15, 0.2) is 0 Å². The minimum atomic E-state index is -0.465. The second-order valence-corrected chi connectivity index (χ2v) is 5.56. The molecule has 6 heteroatoms. The molecular weight excluding hydrogens is 272 g/mol. The second-order valence-electron chi connectivity index (χ2n) is 5.56. The van der Waals surface area contributed by atoms with Crippen LogP contribution in [0.4, 0.5) is 5.69 Å². The van der Waals surface area contributed by atoms with Gasteiger partial charge in [0.1, 0.15) is 0 Å². The highest BCUT2D eigenvalue weighted by Gasteiger charge is 2.29. The third-order valence-corrected chi connectivity index (χ3v) is 4.20. The minimum Gasteiger partial charge on any atom is -0.396 e. The second kappa shape index (κ2) is 6.67. The van der Waals surface area contributed by atoms with Crippen molar-refractivity contribution < 1.29 is 14.8 Å². The summed E-state index contributed by atoms with van der Waals surface area (Å²) < 4.78 is 0. The van der Waals surface area contributed by atoms with Gasteiger partial charge in [0.05, 0.1) is 10.8 Å². The highest BCUT2D eigenvalue weighted by atomic mass is 16.6. The van der Waals surface area contributed by atoms with Gasteiger partial charge in [0.25, 0.3) is 5.69 Å². The summed E-state index contributed by atoms with van der Waals surface area (Å²) in [4.78, 5) is 22.6. The molecule has 0 bridgehead atoms. The zero-order valence-corrected chi connectivity index (χ0v) is 12.0. The molecule has 3 atom stereocenters. The number of aliphatic hydroxyl groups is 1. The van der Waals surface area contributed by atoms with Crippen LogP contribution < -0.4 is 5.32 Å². The maximum absolute atomic E-state index is 12.3. The lowest BCUT2D eigenvalue weighted by atomic mass is 9.98. The highest BCUT2D eigenvalue weighted by Crippen LogP contribution is 2.27. The van der Waals surface area contributed by atoms with Gasteiger partial charge >= 0.3 is 0 Å². The molecular formula is C15H20N2O4. The Balaban J connectivity index is 2.05. The molecule has 6 nitrogen and oxygen atoms in total. The van der Waals surface area contributed by atoms with Crippen molar-refractivity contribution in [2.24, 2.45) is 5.92 Å². The van der Waals surface area contributed by atoms with Crippen LogP contribution in [0.25, 0.3) is 0 Å². The van der Waals surface area contributed by atoms with E-state index in [-0.39, 0.29) is 30.2 Å². The van der Waals surface area contributed by atoms with Crippen molar-refractivity contribution in [3.63, 3.8) is 0 Å². The summed E-state index contributed by atoms with van der Waals surface area (Å²) in [6.07, 6.45) is 2.80. The first-order valence-corrected chi connectivity index (χ1v) is 7.18. The molecule has 114 valence electrons. The van der Waals surface area contributed by atoms with Crippen molar-refractivity contribution >= 4 is 11.6 Å². The number of aliphatic hydroxyl groups excluding tert-OH is 1. The molecule has 0 saturated heterocycles. The zero-order chi connectivity index (χ0) is 15.4. The first-order valence-electron chi connectivity index (χ1n) is 7.18. The van der Waals surface area contributed by atoms with Crippen molar-refractivity contribution in [3.05, 3.63) is 39.9 Å². The SMILES string of the molecule is CC(C(=O)NC1CCCC1CO)c1cccc([N+](=O)[O-])c1. The predicted octanol–water partition coefficient (Wildman–Crippen LogP) is 1.98. The Kier molecular flexibility index (Phi) is 4.90. The first kappa shape index (κ1) is 15.4. The summed E-state index contributed by atoms with van der Waals surface area (Å²) in [6, 6.07) is 6.15. The number of amides is 1. The molecule has 1 aromatic rings. The van der Waals surface area contributed by atoms with Gasteiger partial charge in [-0.05, 0) is 25.3 Å².